The van der Waals surface area contributed by atoms with Crippen LogP contribution in [0.5, 0.6) is 11.5 Å². The van der Waals surface area contributed by atoms with Gasteiger partial charge in [0.25, 0.3) is 0 Å². The number of rotatable bonds is 6. The van der Waals surface area contributed by atoms with E-state index in [-0.39, 0.29) is 6.42 Å². The van der Waals surface area contributed by atoms with E-state index in [1.165, 1.54) is 10.9 Å². The Labute approximate surface area is 161 Å². The number of aromatic nitrogens is 1. The van der Waals surface area contributed by atoms with Gasteiger partial charge in [0.1, 0.15) is 11.5 Å². The molecule has 0 fully saturated rings. The second kappa shape index (κ2) is 7.54. The lowest BCUT2D eigenvalue weighted by molar-refractivity contribution is -0.136. The maximum Gasteiger partial charge on any atom is 0.303 e. The molecule has 0 aliphatic heterocycles. The standard InChI is InChI=1S/C21H22BrNO3/c1-12(2)17-11-23-19-6-5-15(10-16(17)19)26-21-13(3)8-14(9-18(21)22)4-7-20(24)25/h5-6,8-12,23H,4,7H2,1-3H3,(H,24,25). The first kappa shape index (κ1) is 18.5. The van der Waals surface area contributed by atoms with Crippen LogP contribution in [0.3, 0.4) is 0 Å². The van der Waals surface area contributed by atoms with Crippen LogP contribution in [0.4, 0.5) is 0 Å². The zero-order valence-electron chi connectivity index (χ0n) is 15.1. The Morgan fingerprint density at radius 1 is 1.27 bits per heavy atom. The van der Waals surface area contributed by atoms with Crippen LogP contribution in [-0.2, 0) is 11.2 Å². The quantitative estimate of drug-likeness (QED) is 0.505. The van der Waals surface area contributed by atoms with Crippen LogP contribution >= 0.6 is 15.9 Å². The molecule has 2 aromatic carbocycles. The molecule has 2 N–H and O–H groups in total. The highest BCUT2D eigenvalue weighted by Gasteiger charge is 2.12. The van der Waals surface area contributed by atoms with Crippen LogP contribution in [0.2, 0.25) is 0 Å². The summed E-state index contributed by atoms with van der Waals surface area (Å²) in [6.07, 6.45) is 2.67. The van der Waals surface area contributed by atoms with Crippen LogP contribution in [0.25, 0.3) is 10.9 Å². The van der Waals surface area contributed by atoms with Gasteiger partial charge in [-0.25, -0.2) is 0 Å². The van der Waals surface area contributed by atoms with Gasteiger partial charge in [-0.05, 0) is 76.1 Å². The molecular weight excluding hydrogens is 394 g/mol. The van der Waals surface area contributed by atoms with Crippen LogP contribution in [0.15, 0.2) is 41.0 Å². The lowest BCUT2D eigenvalue weighted by Gasteiger charge is -2.13. The van der Waals surface area contributed by atoms with Gasteiger partial charge in [-0.15, -0.1) is 0 Å². The van der Waals surface area contributed by atoms with Crippen molar-refractivity contribution >= 4 is 32.8 Å². The summed E-state index contributed by atoms with van der Waals surface area (Å²) in [6, 6.07) is 9.95. The SMILES string of the molecule is Cc1cc(CCC(=O)O)cc(Br)c1Oc1ccc2[nH]cc(C(C)C)c2c1. The minimum atomic E-state index is -0.792. The van der Waals surface area contributed by atoms with E-state index in [0.717, 1.165) is 32.6 Å². The highest BCUT2D eigenvalue weighted by molar-refractivity contribution is 9.10. The Kier molecular flexibility index (Phi) is 5.37. The molecule has 1 aromatic heterocycles. The molecule has 0 amide bonds. The van der Waals surface area contributed by atoms with Crippen molar-refractivity contribution in [3.63, 3.8) is 0 Å². The number of aryl methyl sites for hydroxylation is 2. The second-order valence-corrected chi connectivity index (χ2v) is 7.68. The summed E-state index contributed by atoms with van der Waals surface area (Å²) in [7, 11) is 0. The van der Waals surface area contributed by atoms with Gasteiger partial charge >= 0.3 is 5.97 Å². The van der Waals surface area contributed by atoms with E-state index >= 15 is 0 Å². The van der Waals surface area contributed by atoms with Gasteiger partial charge in [0.05, 0.1) is 4.47 Å². The molecule has 3 rings (SSSR count). The van der Waals surface area contributed by atoms with Crippen molar-refractivity contribution in [1.82, 2.24) is 4.98 Å². The number of aliphatic carboxylic acids is 1. The van der Waals surface area contributed by atoms with Gasteiger partial charge in [0, 0.05) is 23.5 Å². The molecular formula is C21H22BrNO3. The molecule has 0 radical (unpaired) electrons. The second-order valence-electron chi connectivity index (χ2n) is 6.83. The molecule has 0 aliphatic rings. The molecule has 0 unspecified atom stereocenters. The lowest BCUT2D eigenvalue weighted by atomic mass is 10.0. The predicted octanol–water partition coefficient (Wildman–Crippen LogP) is 6.17. The highest BCUT2D eigenvalue weighted by Crippen LogP contribution is 2.36. The fraction of sp³-hybridized carbons (Fsp3) is 0.286. The summed E-state index contributed by atoms with van der Waals surface area (Å²) < 4.78 is 6.99. The molecule has 5 heteroatoms. The monoisotopic (exact) mass is 415 g/mol. The first-order valence-electron chi connectivity index (χ1n) is 8.65. The molecule has 0 spiro atoms. The minimum absolute atomic E-state index is 0.119. The van der Waals surface area contributed by atoms with E-state index in [2.05, 4.69) is 47.0 Å². The number of carboxylic acid groups (broad SMARTS) is 1. The molecule has 3 aromatic rings. The number of aromatic amines is 1. The number of H-pyrrole nitrogens is 1. The van der Waals surface area contributed by atoms with Crippen molar-refractivity contribution in [1.29, 1.82) is 0 Å². The third-order valence-corrected chi connectivity index (χ3v) is 5.03. The summed E-state index contributed by atoms with van der Waals surface area (Å²) in [5.74, 6) is 1.17. The summed E-state index contributed by atoms with van der Waals surface area (Å²) in [5, 5.41) is 10.0. The highest BCUT2D eigenvalue weighted by atomic mass is 79.9. The summed E-state index contributed by atoms with van der Waals surface area (Å²) in [5.41, 5.74) is 4.32. The maximum absolute atomic E-state index is 10.8. The maximum atomic E-state index is 10.8. The Morgan fingerprint density at radius 2 is 2.04 bits per heavy atom. The summed E-state index contributed by atoms with van der Waals surface area (Å²) >= 11 is 3.56. The minimum Gasteiger partial charge on any atom is -0.481 e. The number of nitrogens with one attached hydrogen (secondary N) is 1. The van der Waals surface area contributed by atoms with Crippen molar-refractivity contribution in [2.75, 3.05) is 0 Å². The van der Waals surface area contributed by atoms with Gasteiger partial charge in [0.2, 0.25) is 0 Å². The largest absolute Gasteiger partial charge is 0.481 e. The Morgan fingerprint density at radius 3 is 2.69 bits per heavy atom. The van der Waals surface area contributed by atoms with E-state index < -0.39 is 5.97 Å². The van der Waals surface area contributed by atoms with Gasteiger partial charge in [0.15, 0.2) is 0 Å². The van der Waals surface area contributed by atoms with Gasteiger partial charge in [-0.3, -0.25) is 4.79 Å². The average molecular weight is 416 g/mol. The third kappa shape index (κ3) is 3.93. The Hall–Kier alpha value is -2.27. The smallest absolute Gasteiger partial charge is 0.303 e. The van der Waals surface area contributed by atoms with Crippen LogP contribution in [0, 0.1) is 6.92 Å². The van der Waals surface area contributed by atoms with Gasteiger partial charge < -0.3 is 14.8 Å². The van der Waals surface area contributed by atoms with Crippen LogP contribution in [-0.4, -0.2) is 16.1 Å². The Balaban J connectivity index is 1.89. The van der Waals surface area contributed by atoms with Crippen molar-refractivity contribution in [2.45, 2.75) is 39.5 Å². The molecule has 4 nitrogen and oxygen atoms in total. The number of hydrogen-bond acceptors (Lipinski definition) is 2. The molecule has 0 saturated heterocycles. The van der Waals surface area contributed by atoms with Crippen molar-refractivity contribution < 1.29 is 14.6 Å². The lowest BCUT2D eigenvalue weighted by Crippen LogP contribution is -1.99. The van der Waals surface area contributed by atoms with E-state index in [1.807, 2.05) is 31.2 Å². The first-order valence-corrected chi connectivity index (χ1v) is 9.44. The van der Waals surface area contributed by atoms with Crippen LogP contribution in [0.1, 0.15) is 42.9 Å². The first-order chi connectivity index (χ1) is 12.3. The molecule has 1 heterocycles. The molecule has 26 heavy (non-hydrogen) atoms. The number of ether oxygens (including phenoxy) is 1. The van der Waals surface area contributed by atoms with E-state index in [0.29, 0.717) is 12.3 Å². The fourth-order valence-electron chi connectivity index (χ4n) is 3.11. The normalized spacial score (nSPS) is 11.3. The van der Waals surface area contributed by atoms with Crippen LogP contribution < -0.4 is 4.74 Å². The number of benzene rings is 2. The number of carboxylic acids is 1. The predicted molar refractivity (Wildman–Crippen MR) is 107 cm³/mol. The zero-order chi connectivity index (χ0) is 18.8. The van der Waals surface area contributed by atoms with Crippen molar-refractivity contribution in [3.05, 3.63) is 57.7 Å². The Bertz CT molecular complexity index is 936. The number of halogens is 1. The molecule has 0 bridgehead atoms. The fourth-order valence-corrected chi connectivity index (χ4v) is 3.79. The number of carbonyl (C=O) groups is 1. The molecule has 0 saturated carbocycles. The van der Waals surface area contributed by atoms with E-state index in [9.17, 15) is 4.79 Å². The van der Waals surface area contributed by atoms with Gasteiger partial charge in [-0.2, -0.15) is 0 Å². The molecule has 136 valence electrons. The topological polar surface area (TPSA) is 62.3 Å². The van der Waals surface area contributed by atoms with Crippen molar-refractivity contribution in [2.24, 2.45) is 0 Å². The summed E-state index contributed by atoms with van der Waals surface area (Å²) in [6.45, 7) is 6.32. The molecule has 0 aliphatic carbocycles. The average Bonchev–Trinajstić information content (AvgIpc) is 2.99. The number of hydrogen-bond donors (Lipinski definition) is 2. The van der Waals surface area contributed by atoms with Gasteiger partial charge in [-0.1, -0.05) is 19.9 Å². The number of fused-ring (bicyclic) bond motifs is 1. The van der Waals surface area contributed by atoms with Crippen molar-refractivity contribution in [3.8, 4) is 11.5 Å². The third-order valence-electron chi connectivity index (χ3n) is 4.44. The molecule has 0 atom stereocenters. The van der Waals surface area contributed by atoms with E-state index in [1.54, 1.807) is 0 Å². The summed E-state index contributed by atoms with van der Waals surface area (Å²) in [4.78, 5) is 14.1. The zero-order valence-corrected chi connectivity index (χ0v) is 16.7. The van der Waals surface area contributed by atoms with E-state index in [4.69, 9.17) is 9.84 Å².